The maximum absolute atomic E-state index is 12.9. The molecule has 7 nitrogen and oxygen atoms in total. The van der Waals surface area contributed by atoms with Crippen LogP contribution < -0.4 is 11.1 Å². The first-order valence-electron chi connectivity index (χ1n) is 11.2. The van der Waals surface area contributed by atoms with Gasteiger partial charge in [-0.25, -0.2) is 4.68 Å². The Kier molecular flexibility index (Phi) is 4.81. The van der Waals surface area contributed by atoms with Gasteiger partial charge in [-0.15, -0.1) is 5.10 Å². The molecule has 35 heavy (non-hydrogen) atoms. The zero-order chi connectivity index (χ0) is 23.9. The molecule has 0 aliphatic rings. The van der Waals surface area contributed by atoms with E-state index in [2.05, 4.69) is 21.6 Å². The number of aryl methyl sites for hydroxylation is 1. The second kappa shape index (κ2) is 8.14. The predicted octanol–water partition coefficient (Wildman–Crippen LogP) is 5.98. The van der Waals surface area contributed by atoms with Crippen molar-refractivity contribution in [2.24, 2.45) is 0 Å². The summed E-state index contributed by atoms with van der Waals surface area (Å²) in [6, 6.07) is 29.4. The van der Waals surface area contributed by atoms with Gasteiger partial charge in [0, 0.05) is 11.6 Å². The number of hydrogen-bond donors (Lipinski definition) is 2. The molecule has 0 saturated carbocycles. The van der Waals surface area contributed by atoms with Crippen molar-refractivity contribution in [2.75, 3.05) is 11.1 Å². The first-order chi connectivity index (χ1) is 17.1. The number of amides is 1. The average molecular weight is 460 g/mol. The number of nitrogens with zero attached hydrogens (tertiary/aromatic N) is 3. The van der Waals surface area contributed by atoms with Crippen LogP contribution in [0.4, 0.5) is 11.6 Å². The lowest BCUT2D eigenvalue weighted by Crippen LogP contribution is -2.12. The van der Waals surface area contributed by atoms with Crippen molar-refractivity contribution in [3.8, 4) is 16.8 Å². The number of carbonyl (C=O) groups excluding carboxylic acids is 1. The lowest BCUT2D eigenvalue weighted by Gasteiger charge is -2.10. The number of aromatic nitrogens is 3. The van der Waals surface area contributed by atoms with Gasteiger partial charge in [0.2, 0.25) is 0 Å². The molecule has 0 spiro atoms. The summed E-state index contributed by atoms with van der Waals surface area (Å²) in [6.07, 6.45) is 0. The number of anilines is 2. The summed E-state index contributed by atoms with van der Waals surface area (Å²) in [6.45, 7) is 1.78. The number of fused-ring (bicyclic) bond motifs is 2. The highest BCUT2D eigenvalue weighted by Crippen LogP contribution is 2.35. The fraction of sp³-hybridized carbons (Fsp3) is 0.0357. The monoisotopic (exact) mass is 459 g/mol. The Morgan fingerprint density at radius 1 is 0.943 bits per heavy atom. The van der Waals surface area contributed by atoms with E-state index in [4.69, 9.17) is 10.3 Å². The Labute approximate surface area is 200 Å². The third-order valence-corrected chi connectivity index (χ3v) is 6.04. The van der Waals surface area contributed by atoms with E-state index in [0.29, 0.717) is 23.0 Å². The molecule has 2 heterocycles. The summed E-state index contributed by atoms with van der Waals surface area (Å²) >= 11 is 0. The smallest absolute Gasteiger partial charge is 0.257 e. The number of benzene rings is 4. The Morgan fingerprint density at radius 3 is 2.57 bits per heavy atom. The molecule has 0 bridgehead atoms. The summed E-state index contributed by atoms with van der Waals surface area (Å²) in [4.78, 5) is 12.9. The number of nitrogen functional groups attached to an aromatic ring is 1. The van der Waals surface area contributed by atoms with Crippen LogP contribution >= 0.6 is 0 Å². The molecule has 1 amide bonds. The van der Waals surface area contributed by atoms with Crippen LogP contribution in [0.1, 0.15) is 16.1 Å². The van der Waals surface area contributed by atoms with Crippen molar-refractivity contribution < 1.29 is 9.32 Å². The Balaban J connectivity index is 1.43. The lowest BCUT2D eigenvalue weighted by molar-refractivity contribution is 0.102. The maximum atomic E-state index is 12.9. The largest absolute Gasteiger partial charge is 0.382 e. The first kappa shape index (κ1) is 20.7. The summed E-state index contributed by atoms with van der Waals surface area (Å²) in [7, 11) is 0. The fourth-order valence-corrected chi connectivity index (χ4v) is 4.46. The van der Waals surface area contributed by atoms with Gasteiger partial charge >= 0.3 is 0 Å². The summed E-state index contributed by atoms with van der Waals surface area (Å²) in [5, 5.41) is 13.9. The van der Waals surface area contributed by atoms with Crippen molar-refractivity contribution in [2.45, 2.75) is 6.92 Å². The van der Waals surface area contributed by atoms with E-state index < -0.39 is 0 Å². The quantitative estimate of drug-likeness (QED) is 0.338. The molecule has 6 aromatic rings. The van der Waals surface area contributed by atoms with E-state index in [9.17, 15) is 4.79 Å². The second-order valence-corrected chi connectivity index (χ2v) is 8.35. The normalized spacial score (nSPS) is 11.2. The van der Waals surface area contributed by atoms with Gasteiger partial charge in [-0.2, -0.15) is 0 Å². The van der Waals surface area contributed by atoms with Crippen molar-refractivity contribution in [3.63, 3.8) is 0 Å². The van der Waals surface area contributed by atoms with E-state index in [-0.39, 0.29) is 5.91 Å². The Morgan fingerprint density at radius 2 is 1.77 bits per heavy atom. The molecule has 4 aromatic carbocycles. The van der Waals surface area contributed by atoms with Crippen LogP contribution in [0.2, 0.25) is 0 Å². The van der Waals surface area contributed by atoms with Crippen molar-refractivity contribution in [1.29, 1.82) is 0 Å². The minimum atomic E-state index is -0.243. The standard InChI is InChI=1S/C28H21N5O2/c1-17-15-25(32-35-17)30-28(34)23-11-5-7-18-16-19(13-14-21(18)23)22-10-6-12-24-26(22)27(29)31-33(24)20-8-3-2-4-9-20/h2-16H,1H3,(H2,29,31)(H,30,32,34). The van der Waals surface area contributed by atoms with Crippen LogP contribution in [0.3, 0.4) is 0 Å². The third-order valence-electron chi connectivity index (χ3n) is 6.04. The third kappa shape index (κ3) is 3.59. The predicted molar refractivity (Wildman–Crippen MR) is 138 cm³/mol. The maximum Gasteiger partial charge on any atom is 0.257 e. The lowest BCUT2D eigenvalue weighted by atomic mass is 9.96. The Hall–Kier alpha value is -4.91. The molecule has 0 fully saturated rings. The number of hydrogen-bond acceptors (Lipinski definition) is 5. The van der Waals surface area contributed by atoms with Crippen LogP contribution in [-0.2, 0) is 0 Å². The summed E-state index contributed by atoms with van der Waals surface area (Å²) < 4.78 is 6.91. The van der Waals surface area contributed by atoms with E-state index in [1.54, 1.807) is 19.1 Å². The zero-order valence-electron chi connectivity index (χ0n) is 18.9. The average Bonchev–Trinajstić information content (AvgIpc) is 3.46. The second-order valence-electron chi connectivity index (χ2n) is 8.35. The van der Waals surface area contributed by atoms with Crippen molar-refractivity contribution >= 4 is 39.2 Å². The molecule has 0 aliphatic carbocycles. The Bertz CT molecular complexity index is 1720. The SMILES string of the molecule is Cc1cc(NC(=O)c2cccc3cc(-c4cccc5c4c(N)nn5-c4ccccc4)ccc23)no1. The molecular weight excluding hydrogens is 438 g/mol. The van der Waals surface area contributed by atoms with Crippen molar-refractivity contribution in [3.05, 3.63) is 102 Å². The minimum absolute atomic E-state index is 0.243. The number of carbonyl (C=O) groups is 1. The van der Waals surface area contributed by atoms with Crippen LogP contribution in [-0.4, -0.2) is 20.8 Å². The molecule has 170 valence electrons. The summed E-state index contributed by atoms with van der Waals surface area (Å²) in [5.41, 5.74) is 10.8. The highest BCUT2D eigenvalue weighted by molar-refractivity contribution is 6.13. The molecule has 3 N–H and O–H groups in total. The van der Waals surface area contributed by atoms with Crippen LogP contribution in [0.25, 0.3) is 38.5 Å². The first-order valence-corrected chi connectivity index (χ1v) is 11.2. The van der Waals surface area contributed by atoms with Gasteiger partial charge in [-0.3, -0.25) is 4.79 Å². The minimum Gasteiger partial charge on any atom is -0.382 e. The molecule has 0 atom stereocenters. The van der Waals surface area contributed by atoms with Gasteiger partial charge in [0.15, 0.2) is 11.6 Å². The van der Waals surface area contributed by atoms with Crippen LogP contribution in [0, 0.1) is 6.92 Å². The van der Waals surface area contributed by atoms with E-state index >= 15 is 0 Å². The van der Waals surface area contributed by atoms with Gasteiger partial charge in [0.1, 0.15) is 5.76 Å². The van der Waals surface area contributed by atoms with E-state index in [0.717, 1.165) is 38.5 Å². The molecule has 0 unspecified atom stereocenters. The fourth-order valence-electron chi connectivity index (χ4n) is 4.46. The van der Waals surface area contributed by atoms with Crippen LogP contribution in [0.5, 0.6) is 0 Å². The van der Waals surface area contributed by atoms with Gasteiger partial charge in [0.05, 0.1) is 16.6 Å². The molecule has 2 aromatic heterocycles. The van der Waals surface area contributed by atoms with Gasteiger partial charge < -0.3 is 15.6 Å². The molecule has 6 rings (SSSR count). The van der Waals surface area contributed by atoms with Crippen molar-refractivity contribution in [1.82, 2.24) is 14.9 Å². The van der Waals surface area contributed by atoms with E-state index in [1.165, 1.54) is 0 Å². The number of nitrogens with two attached hydrogens (primary N) is 1. The number of nitrogens with one attached hydrogen (secondary N) is 1. The topological polar surface area (TPSA) is 99.0 Å². The van der Waals surface area contributed by atoms with Gasteiger partial charge in [-0.05, 0) is 59.2 Å². The molecule has 0 aliphatic heterocycles. The number of rotatable bonds is 4. The van der Waals surface area contributed by atoms with Crippen LogP contribution in [0.15, 0.2) is 95.5 Å². The highest BCUT2D eigenvalue weighted by atomic mass is 16.5. The molecule has 0 saturated heterocycles. The molecular formula is C28H21N5O2. The zero-order valence-corrected chi connectivity index (χ0v) is 18.9. The van der Waals surface area contributed by atoms with Gasteiger partial charge in [0.25, 0.3) is 5.91 Å². The molecule has 0 radical (unpaired) electrons. The van der Waals surface area contributed by atoms with E-state index in [1.807, 2.05) is 77.5 Å². The summed E-state index contributed by atoms with van der Waals surface area (Å²) in [5.74, 6) is 1.24. The van der Waals surface area contributed by atoms with Gasteiger partial charge in [-0.1, -0.05) is 59.8 Å². The highest BCUT2D eigenvalue weighted by Gasteiger charge is 2.16. The molecule has 7 heteroatoms. The number of para-hydroxylation sites is 1.